The van der Waals surface area contributed by atoms with E-state index in [4.69, 9.17) is 0 Å². The lowest BCUT2D eigenvalue weighted by atomic mass is 9.98. The molecule has 1 aliphatic heterocycles. The molecule has 1 aromatic heterocycles. The van der Waals surface area contributed by atoms with E-state index in [1.165, 1.54) is 6.07 Å². The molecule has 3 rings (SSSR count). The molecule has 122 valence electrons. The first-order chi connectivity index (χ1) is 11.0. The van der Waals surface area contributed by atoms with Crippen molar-refractivity contribution >= 4 is 11.6 Å². The van der Waals surface area contributed by atoms with Crippen molar-refractivity contribution in [2.75, 3.05) is 25.0 Å². The van der Waals surface area contributed by atoms with Gasteiger partial charge in [0.2, 0.25) is 5.91 Å². The first kappa shape index (κ1) is 15.7. The number of amides is 1. The van der Waals surface area contributed by atoms with Crippen LogP contribution in [0, 0.1) is 19.7 Å². The van der Waals surface area contributed by atoms with E-state index >= 15 is 0 Å². The van der Waals surface area contributed by atoms with Crippen molar-refractivity contribution < 1.29 is 9.18 Å². The second kappa shape index (κ2) is 6.50. The third-order valence-electron chi connectivity index (χ3n) is 4.35. The summed E-state index contributed by atoms with van der Waals surface area (Å²) in [7, 11) is 0. The summed E-state index contributed by atoms with van der Waals surface area (Å²) in [5, 5.41) is 9.84. The van der Waals surface area contributed by atoms with Crippen LogP contribution in [-0.2, 0) is 4.79 Å². The number of aryl methyl sites for hydroxylation is 2. The van der Waals surface area contributed by atoms with Gasteiger partial charge in [-0.1, -0.05) is 12.1 Å². The van der Waals surface area contributed by atoms with Gasteiger partial charge in [0.25, 0.3) is 0 Å². The molecule has 2 heterocycles. The number of carbonyl (C=O) groups is 1. The van der Waals surface area contributed by atoms with Crippen LogP contribution in [0.3, 0.4) is 0 Å². The highest BCUT2D eigenvalue weighted by Crippen LogP contribution is 2.27. The van der Waals surface area contributed by atoms with Crippen LogP contribution < -0.4 is 5.32 Å². The lowest BCUT2D eigenvalue weighted by molar-refractivity contribution is -0.117. The highest BCUT2D eigenvalue weighted by molar-refractivity contribution is 5.93. The maximum atomic E-state index is 13.3. The average molecular weight is 316 g/mol. The van der Waals surface area contributed by atoms with Gasteiger partial charge in [0.1, 0.15) is 5.82 Å². The van der Waals surface area contributed by atoms with Crippen molar-refractivity contribution in [3.8, 4) is 0 Å². The van der Waals surface area contributed by atoms with Crippen molar-refractivity contribution in [2.45, 2.75) is 26.2 Å². The van der Waals surface area contributed by atoms with Crippen LogP contribution >= 0.6 is 0 Å². The highest BCUT2D eigenvalue weighted by Gasteiger charge is 2.25. The van der Waals surface area contributed by atoms with Gasteiger partial charge >= 0.3 is 0 Å². The SMILES string of the molecule is Cc1n[nH]c(C)c1NC(=O)CN1CCC(c2cccc(F)c2)C1. The van der Waals surface area contributed by atoms with E-state index in [0.717, 1.165) is 42.1 Å². The molecule has 1 unspecified atom stereocenters. The first-order valence-electron chi connectivity index (χ1n) is 7.82. The molecule has 1 saturated heterocycles. The Morgan fingerprint density at radius 2 is 2.30 bits per heavy atom. The molecule has 6 heteroatoms. The fourth-order valence-electron chi connectivity index (χ4n) is 3.13. The highest BCUT2D eigenvalue weighted by atomic mass is 19.1. The molecular weight excluding hydrogens is 295 g/mol. The standard InChI is InChI=1S/C17H21FN4O/c1-11-17(12(2)21-20-11)19-16(23)10-22-7-6-14(9-22)13-4-3-5-15(18)8-13/h3-5,8,14H,6-7,9-10H2,1-2H3,(H,19,23)(H,20,21). The second-order valence-corrected chi connectivity index (χ2v) is 6.13. The Hall–Kier alpha value is -2.21. The summed E-state index contributed by atoms with van der Waals surface area (Å²) < 4.78 is 13.3. The third kappa shape index (κ3) is 3.59. The lowest BCUT2D eigenvalue weighted by Crippen LogP contribution is -2.31. The number of nitrogens with zero attached hydrogens (tertiary/aromatic N) is 2. The van der Waals surface area contributed by atoms with Gasteiger partial charge in [0, 0.05) is 6.54 Å². The number of anilines is 1. The van der Waals surface area contributed by atoms with Gasteiger partial charge in [0.05, 0.1) is 23.6 Å². The normalized spacial score (nSPS) is 18.3. The molecule has 1 fully saturated rings. The molecule has 23 heavy (non-hydrogen) atoms. The van der Waals surface area contributed by atoms with Crippen LogP contribution in [0.4, 0.5) is 10.1 Å². The number of benzene rings is 1. The van der Waals surface area contributed by atoms with Gasteiger partial charge in [-0.2, -0.15) is 5.10 Å². The molecule has 0 radical (unpaired) electrons. The average Bonchev–Trinajstić information content (AvgIpc) is 3.09. The Labute approximate surface area is 134 Å². The molecule has 1 amide bonds. The fourth-order valence-corrected chi connectivity index (χ4v) is 3.13. The Balaban J connectivity index is 1.56. The Morgan fingerprint density at radius 1 is 1.48 bits per heavy atom. The molecule has 1 aliphatic rings. The summed E-state index contributed by atoms with van der Waals surface area (Å²) in [6, 6.07) is 6.74. The number of likely N-dealkylation sites (tertiary alicyclic amines) is 1. The molecular formula is C17H21FN4O. The minimum atomic E-state index is -0.204. The molecule has 1 aromatic carbocycles. The van der Waals surface area contributed by atoms with Crippen LogP contribution in [0.1, 0.15) is 29.3 Å². The molecule has 5 nitrogen and oxygen atoms in total. The predicted molar refractivity (Wildman–Crippen MR) is 86.9 cm³/mol. The molecule has 1 atom stereocenters. The van der Waals surface area contributed by atoms with Crippen LogP contribution in [0.15, 0.2) is 24.3 Å². The van der Waals surface area contributed by atoms with Crippen molar-refractivity contribution in [1.29, 1.82) is 0 Å². The van der Waals surface area contributed by atoms with Gasteiger partial charge in [-0.15, -0.1) is 0 Å². The summed E-state index contributed by atoms with van der Waals surface area (Å²) in [6.45, 7) is 5.70. The second-order valence-electron chi connectivity index (χ2n) is 6.13. The van der Waals surface area contributed by atoms with Gasteiger partial charge in [-0.3, -0.25) is 14.8 Å². The Morgan fingerprint density at radius 3 is 3.00 bits per heavy atom. The van der Waals surface area contributed by atoms with Crippen molar-refractivity contribution in [2.24, 2.45) is 0 Å². The molecule has 0 spiro atoms. The van der Waals surface area contributed by atoms with Crippen molar-refractivity contribution in [3.05, 3.63) is 47.0 Å². The summed E-state index contributed by atoms with van der Waals surface area (Å²) >= 11 is 0. The lowest BCUT2D eigenvalue weighted by Gasteiger charge is -2.16. The minimum Gasteiger partial charge on any atom is -0.322 e. The summed E-state index contributed by atoms with van der Waals surface area (Å²) in [6.07, 6.45) is 0.945. The van der Waals surface area contributed by atoms with E-state index in [1.807, 2.05) is 19.9 Å². The van der Waals surface area contributed by atoms with E-state index in [1.54, 1.807) is 12.1 Å². The first-order valence-corrected chi connectivity index (χ1v) is 7.82. The Kier molecular flexibility index (Phi) is 4.43. The monoisotopic (exact) mass is 316 g/mol. The zero-order valence-electron chi connectivity index (χ0n) is 13.4. The van der Waals surface area contributed by atoms with Gasteiger partial charge in [-0.25, -0.2) is 4.39 Å². The van der Waals surface area contributed by atoms with E-state index in [-0.39, 0.29) is 17.6 Å². The zero-order valence-corrected chi connectivity index (χ0v) is 13.4. The largest absolute Gasteiger partial charge is 0.322 e. The maximum Gasteiger partial charge on any atom is 0.238 e. The molecule has 0 aliphatic carbocycles. The Bertz CT molecular complexity index is 693. The number of hydrogen-bond donors (Lipinski definition) is 2. The molecule has 2 N–H and O–H groups in total. The number of carbonyl (C=O) groups excluding carboxylic acids is 1. The van der Waals surface area contributed by atoms with Crippen LogP contribution in [-0.4, -0.2) is 40.6 Å². The van der Waals surface area contributed by atoms with E-state index in [0.29, 0.717) is 6.54 Å². The maximum absolute atomic E-state index is 13.3. The van der Waals surface area contributed by atoms with Crippen LogP contribution in [0.5, 0.6) is 0 Å². The minimum absolute atomic E-state index is 0.0440. The summed E-state index contributed by atoms with van der Waals surface area (Å²) in [5.74, 6) is 0.0398. The number of rotatable bonds is 4. The fraction of sp³-hybridized carbons (Fsp3) is 0.412. The summed E-state index contributed by atoms with van der Waals surface area (Å²) in [5.41, 5.74) is 3.41. The van der Waals surface area contributed by atoms with E-state index in [9.17, 15) is 9.18 Å². The third-order valence-corrected chi connectivity index (χ3v) is 4.35. The van der Waals surface area contributed by atoms with Gasteiger partial charge in [0.15, 0.2) is 0 Å². The van der Waals surface area contributed by atoms with Crippen molar-refractivity contribution in [3.63, 3.8) is 0 Å². The van der Waals surface area contributed by atoms with Gasteiger partial charge in [-0.05, 0) is 50.4 Å². The summed E-state index contributed by atoms with van der Waals surface area (Å²) in [4.78, 5) is 14.3. The molecule has 0 saturated carbocycles. The number of aromatic nitrogens is 2. The zero-order chi connectivity index (χ0) is 16.4. The number of aromatic amines is 1. The molecule has 2 aromatic rings. The number of H-pyrrole nitrogens is 1. The van der Waals surface area contributed by atoms with Gasteiger partial charge < -0.3 is 5.32 Å². The van der Waals surface area contributed by atoms with Crippen LogP contribution in [0.25, 0.3) is 0 Å². The number of nitrogens with one attached hydrogen (secondary N) is 2. The van der Waals surface area contributed by atoms with Crippen molar-refractivity contribution in [1.82, 2.24) is 15.1 Å². The smallest absolute Gasteiger partial charge is 0.238 e. The van der Waals surface area contributed by atoms with E-state index in [2.05, 4.69) is 20.4 Å². The topological polar surface area (TPSA) is 61.0 Å². The van der Waals surface area contributed by atoms with E-state index < -0.39 is 0 Å². The number of hydrogen-bond acceptors (Lipinski definition) is 3. The quantitative estimate of drug-likeness (QED) is 0.911. The number of halogens is 1. The van der Waals surface area contributed by atoms with Crippen LogP contribution in [0.2, 0.25) is 0 Å². The predicted octanol–water partition coefficient (Wildman–Crippen LogP) is 2.59. The molecule has 0 bridgehead atoms.